The van der Waals surface area contributed by atoms with E-state index < -0.39 is 0 Å². The highest BCUT2D eigenvalue weighted by atomic mass is 16.5. The maximum atomic E-state index is 12.1. The second-order valence-electron chi connectivity index (χ2n) is 8.78. The minimum atomic E-state index is -0.0326. The van der Waals surface area contributed by atoms with Gasteiger partial charge in [0.15, 0.2) is 11.5 Å². The van der Waals surface area contributed by atoms with Gasteiger partial charge in [-0.15, -0.1) is 0 Å². The number of anilines is 2. The van der Waals surface area contributed by atoms with Crippen molar-refractivity contribution in [2.24, 2.45) is 0 Å². The van der Waals surface area contributed by atoms with E-state index in [1.54, 1.807) is 4.52 Å². The number of rotatable bonds is 6. The Labute approximate surface area is 206 Å². The highest BCUT2D eigenvalue weighted by Crippen LogP contribution is 2.35. The molecule has 1 saturated heterocycles. The van der Waals surface area contributed by atoms with Crippen molar-refractivity contribution in [2.75, 3.05) is 18.4 Å². The molecular weight excluding hydrogens is 456 g/mol. The van der Waals surface area contributed by atoms with Crippen LogP contribution in [-0.2, 0) is 4.79 Å². The molecule has 0 spiro atoms. The summed E-state index contributed by atoms with van der Waals surface area (Å²) in [6.07, 6.45) is 9.05. The van der Waals surface area contributed by atoms with Gasteiger partial charge >= 0.3 is 0 Å². The molecule has 0 radical (unpaired) electrons. The molecule has 36 heavy (non-hydrogen) atoms. The van der Waals surface area contributed by atoms with Gasteiger partial charge in [-0.2, -0.15) is 10.2 Å². The van der Waals surface area contributed by atoms with Crippen LogP contribution in [0, 0.1) is 6.92 Å². The van der Waals surface area contributed by atoms with Gasteiger partial charge in [0, 0.05) is 43.2 Å². The normalized spacial score (nSPS) is 15.5. The van der Waals surface area contributed by atoms with Gasteiger partial charge in [-0.3, -0.25) is 4.79 Å². The second-order valence-corrected chi connectivity index (χ2v) is 8.78. The van der Waals surface area contributed by atoms with E-state index >= 15 is 0 Å². The summed E-state index contributed by atoms with van der Waals surface area (Å²) in [4.78, 5) is 22.6. The van der Waals surface area contributed by atoms with E-state index in [0.717, 1.165) is 40.1 Å². The maximum Gasteiger partial charge on any atom is 0.245 e. The zero-order valence-electron chi connectivity index (χ0n) is 19.7. The zero-order valence-corrected chi connectivity index (χ0v) is 19.7. The van der Waals surface area contributed by atoms with Gasteiger partial charge < -0.3 is 15.0 Å². The summed E-state index contributed by atoms with van der Waals surface area (Å²) in [6, 6.07) is 11.7. The Balaban J connectivity index is 1.25. The molecule has 6 rings (SSSR count). The van der Waals surface area contributed by atoms with Crippen LogP contribution >= 0.6 is 0 Å². The largest absolute Gasteiger partial charge is 0.457 e. The summed E-state index contributed by atoms with van der Waals surface area (Å²) in [5.74, 6) is 2.33. The predicted molar refractivity (Wildman–Crippen MR) is 135 cm³/mol. The van der Waals surface area contributed by atoms with Gasteiger partial charge in [-0.25, -0.2) is 19.0 Å². The SMILES string of the molecule is C=CC(=O)N1CCC(c2ccn3ncnc(Nc4ccc(Oc5ccn6ncnc6c5)c(C)c4)c23)C1. The molecule has 10 nitrogen and oxygen atoms in total. The number of carbonyl (C=O) groups is 1. The lowest BCUT2D eigenvalue weighted by atomic mass is 9.99. The van der Waals surface area contributed by atoms with E-state index in [9.17, 15) is 4.79 Å². The average Bonchev–Trinajstić information content (AvgIpc) is 3.64. The van der Waals surface area contributed by atoms with Crippen molar-refractivity contribution in [1.82, 2.24) is 34.1 Å². The standard InChI is InChI=1S/C26H24N8O2/c1-3-24(35)32-9-6-18(14-32)21-8-11-34-25(21)26(28-16-30-34)31-19-4-5-22(17(2)12-19)36-20-7-10-33-23(13-20)27-15-29-33/h3-5,7-8,10-13,15-16,18H,1,6,9,14H2,2H3,(H,28,30,31). The van der Waals surface area contributed by atoms with Crippen molar-refractivity contribution in [3.8, 4) is 11.5 Å². The van der Waals surface area contributed by atoms with Crippen molar-refractivity contribution in [2.45, 2.75) is 19.3 Å². The zero-order chi connectivity index (χ0) is 24.6. The van der Waals surface area contributed by atoms with Crippen molar-refractivity contribution < 1.29 is 9.53 Å². The van der Waals surface area contributed by atoms with Gasteiger partial charge in [-0.05, 0) is 60.9 Å². The smallest absolute Gasteiger partial charge is 0.245 e. The van der Waals surface area contributed by atoms with E-state index in [0.29, 0.717) is 24.7 Å². The number of likely N-dealkylation sites (tertiary alicyclic amines) is 1. The maximum absolute atomic E-state index is 12.1. The van der Waals surface area contributed by atoms with Crippen molar-refractivity contribution >= 4 is 28.6 Å². The third kappa shape index (κ3) is 3.92. The van der Waals surface area contributed by atoms with Crippen LogP contribution in [0.3, 0.4) is 0 Å². The van der Waals surface area contributed by atoms with Crippen LogP contribution in [0.15, 0.2) is 74.1 Å². The number of aromatic nitrogens is 6. The average molecular weight is 481 g/mol. The molecular formula is C26H24N8O2. The first-order chi connectivity index (χ1) is 17.6. The molecule has 1 unspecified atom stereocenters. The number of hydrogen-bond acceptors (Lipinski definition) is 7. The van der Waals surface area contributed by atoms with Crippen LogP contribution in [0.4, 0.5) is 11.5 Å². The van der Waals surface area contributed by atoms with E-state index in [4.69, 9.17) is 4.74 Å². The second kappa shape index (κ2) is 8.81. The fraction of sp³-hybridized carbons (Fsp3) is 0.192. The highest BCUT2D eigenvalue weighted by Gasteiger charge is 2.29. The molecule has 1 fully saturated rings. The summed E-state index contributed by atoms with van der Waals surface area (Å²) in [7, 11) is 0. The van der Waals surface area contributed by atoms with Crippen LogP contribution < -0.4 is 10.1 Å². The number of fused-ring (bicyclic) bond motifs is 2. The topological polar surface area (TPSA) is 102 Å². The van der Waals surface area contributed by atoms with Crippen LogP contribution in [0.1, 0.15) is 23.5 Å². The number of carbonyl (C=O) groups excluding carboxylic acids is 1. The Bertz CT molecular complexity index is 1600. The van der Waals surface area contributed by atoms with Crippen LogP contribution in [0.5, 0.6) is 11.5 Å². The fourth-order valence-corrected chi connectivity index (χ4v) is 4.71. The molecule has 1 amide bonds. The molecule has 5 heterocycles. The first kappa shape index (κ1) is 21.8. The minimum absolute atomic E-state index is 0.0326. The Hall–Kier alpha value is -4.73. The molecule has 180 valence electrons. The van der Waals surface area contributed by atoms with Crippen molar-refractivity contribution in [3.63, 3.8) is 0 Å². The number of nitrogens with one attached hydrogen (secondary N) is 1. The molecule has 1 aliphatic heterocycles. The molecule has 1 aromatic carbocycles. The van der Waals surface area contributed by atoms with Gasteiger partial charge in [0.1, 0.15) is 29.7 Å². The highest BCUT2D eigenvalue weighted by molar-refractivity contribution is 5.87. The third-order valence-corrected chi connectivity index (χ3v) is 6.52. The van der Waals surface area contributed by atoms with E-state index in [-0.39, 0.29) is 11.8 Å². The molecule has 5 aromatic rings. The third-order valence-electron chi connectivity index (χ3n) is 6.52. The van der Waals surface area contributed by atoms with Gasteiger partial charge in [-0.1, -0.05) is 6.58 Å². The van der Waals surface area contributed by atoms with Gasteiger partial charge in [0.05, 0.1) is 0 Å². The van der Waals surface area contributed by atoms with Crippen molar-refractivity contribution in [1.29, 1.82) is 0 Å². The minimum Gasteiger partial charge on any atom is -0.457 e. The monoisotopic (exact) mass is 480 g/mol. The summed E-state index contributed by atoms with van der Waals surface area (Å²) in [5.41, 5.74) is 4.61. The molecule has 1 N–H and O–H groups in total. The van der Waals surface area contributed by atoms with Crippen LogP contribution in [0.2, 0.25) is 0 Å². The van der Waals surface area contributed by atoms with Gasteiger partial charge in [0.2, 0.25) is 5.91 Å². The Morgan fingerprint density at radius 3 is 2.81 bits per heavy atom. The molecule has 4 aromatic heterocycles. The first-order valence-corrected chi connectivity index (χ1v) is 11.7. The van der Waals surface area contributed by atoms with E-state index in [1.807, 2.05) is 59.1 Å². The summed E-state index contributed by atoms with van der Waals surface area (Å²) in [5, 5.41) is 11.9. The molecule has 1 aliphatic rings. The summed E-state index contributed by atoms with van der Waals surface area (Å²) < 4.78 is 9.61. The lowest BCUT2D eigenvalue weighted by Gasteiger charge is -2.15. The predicted octanol–water partition coefficient (Wildman–Crippen LogP) is 4.12. The number of aryl methyl sites for hydroxylation is 1. The summed E-state index contributed by atoms with van der Waals surface area (Å²) >= 11 is 0. The Morgan fingerprint density at radius 2 is 1.94 bits per heavy atom. The van der Waals surface area contributed by atoms with Gasteiger partial charge in [0.25, 0.3) is 0 Å². The number of amides is 1. The Morgan fingerprint density at radius 1 is 1.11 bits per heavy atom. The molecule has 1 atom stereocenters. The first-order valence-electron chi connectivity index (χ1n) is 11.7. The molecule has 0 aliphatic carbocycles. The summed E-state index contributed by atoms with van der Waals surface area (Å²) in [6.45, 7) is 6.98. The lowest BCUT2D eigenvalue weighted by molar-refractivity contribution is -0.125. The molecule has 10 heteroatoms. The van der Waals surface area contributed by atoms with Crippen LogP contribution in [0.25, 0.3) is 11.2 Å². The molecule has 0 saturated carbocycles. The fourth-order valence-electron chi connectivity index (χ4n) is 4.71. The Kier molecular flexibility index (Phi) is 5.33. The van der Waals surface area contributed by atoms with Crippen molar-refractivity contribution in [3.05, 3.63) is 85.2 Å². The number of pyridine rings is 1. The number of ether oxygens (including phenoxy) is 1. The number of nitrogens with zero attached hydrogens (tertiary/aromatic N) is 7. The molecule has 0 bridgehead atoms. The lowest BCUT2D eigenvalue weighted by Crippen LogP contribution is -2.26. The van der Waals surface area contributed by atoms with E-state index in [1.165, 1.54) is 18.7 Å². The number of hydrogen-bond donors (Lipinski definition) is 1. The van der Waals surface area contributed by atoms with Crippen LogP contribution in [-0.4, -0.2) is 53.1 Å². The quantitative estimate of drug-likeness (QED) is 0.365. The number of benzene rings is 1. The van der Waals surface area contributed by atoms with E-state index in [2.05, 4.69) is 38.1 Å².